The molecule has 0 aliphatic carbocycles. The van der Waals surface area contributed by atoms with Crippen molar-refractivity contribution < 1.29 is 17.9 Å². The molecule has 0 radical (unpaired) electrons. The van der Waals surface area contributed by atoms with Crippen LogP contribution in [0.25, 0.3) is 0 Å². The summed E-state index contributed by atoms with van der Waals surface area (Å²) in [6.45, 7) is 4.20. The van der Waals surface area contributed by atoms with E-state index in [0.29, 0.717) is 12.3 Å². The van der Waals surface area contributed by atoms with Gasteiger partial charge >= 0.3 is 12.2 Å². The van der Waals surface area contributed by atoms with Gasteiger partial charge in [-0.15, -0.1) is 0 Å². The van der Waals surface area contributed by atoms with Crippen LogP contribution in [0.5, 0.6) is 6.01 Å². The molecule has 1 aromatic heterocycles. The summed E-state index contributed by atoms with van der Waals surface area (Å²) in [7, 11) is 1.53. The van der Waals surface area contributed by atoms with Crippen molar-refractivity contribution >= 4 is 34.1 Å². The van der Waals surface area contributed by atoms with Gasteiger partial charge in [0.1, 0.15) is 5.56 Å². The number of alkyl halides is 3. The van der Waals surface area contributed by atoms with Crippen molar-refractivity contribution in [3.8, 4) is 6.01 Å². The van der Waals surface area contributed by atoms with Crippen molar-refractivity contribution in [1.82, 2.24) is 9.97 Å². The topological polar surface area (TPSA) is 38.2 Å². The van der Waals surface area contributed by atoms with Crippen LogP contribution in [0.1, 0.15) is 19.4 Å². The SMILES string of the molecule is CC(C)COc1ncc(C(F)(F)F)c(N(C)c2ccc(I)cc2)n1. The Balaban J connectivity index is 2.42. The third-order valence-electron chi connectivity index (χ3n) is 3.13. The van der Waals surface area contributed by atoms with Crippen molar-refractivity contribution in [3.63, 3.8) is 0 Å². The molecule has 2 aromatic rings. The summed E-state index contributed by atoms with van der Waals surface area (Å²) in [5.41, 5.74) is -0.310. The average molecular weight is 451 g/mol. The van der Waals surface area contributed by atoms with E-state index in [-0.39, 0.29) is 17.7 Å². The summed E-state index contributed by atoms with van der Waals surface area (Å²) < 4.78 is 46.2. The lowest BCUT2D eigenvalue weighted by Gasteiger charge is -2.22. The molecule has 0 aliphatic heterocycles. The molecule has 1 aromatic carbocycles. The van der Waals surface area contributed by atoms with Crippen molar-refractivity contribution in [3.05, 3.63) is 39.6 Å². The van der Waals surface area contributed by atoms with Crippen LogP contribution in [0.3, 0.4) is 0 Å². The molecule has 0 amide bonds. The Bertz CT molecular complexity index is 690. The van der Waals surface area contributed by atoms with Crippen molar-refractivity contribution in [1.29, 1.82) is 0 Å². The first-order chi connectivity index (χ1) is 11.2. The maximum Gasteiger partial charge on any atom is 0.421 e. The third kappa shape index (κ3) is 4.71. The molecule has 0 aliphatic rings. The van der Waals surface area contributed by atoms with Crippen molar-refractivity contribution in [2.24, 2.45) is 5.92 Å². The Kier molecular flexibility index (Phi) is 5.89. The van der Waals surface area contributed by atoms with Crippen LogP contribution in [-0.4, -0.2) is 23.6 Å². The van der Waals surface area contributed by atoms with E-state index in [0.717, 1.165) is 9.77 Å². The van der Waals surface area contributed by atoms with E-state index in [2.05, 4.69) is 32.6 Å². The van der Waals surface area contributed by atoms with E-state index in [1.165, 1.54) is 11.9 Å². The first-order valence-electron chi connectivity index (χ1n) is 7.25. The minimum Gasteiger partial charge on any atom is -0.463 e. The number of anilines is 2. The molecule has 4 nitrogen and oxygen atoms in total. The Labute approximate surface area is 152 Å². The standard InChI is InChI=1S/C16H17F3IN3O/c1-10(2)9-24-15-21-8-13(16(17,18)19)14(22-15)23(3)12-6-4-11(20)5-7-12/h4-8,10H,9H2,1-3H3. The Hall–Kier alpha value is -1.58. The molecule has 0 atom stereocenters. The van der Waals surface area contributed by atoms with Gasteiger partial charge in [-0.05, 0) is 52.8 Å². The number of rotatable bonds is 5. The van der Waals surface area contributed by atoms with E-state index >= 15 is 0 Å². The lowest BCUT2D eigenvalue weighted by Crippen LogP contribution is -2.19. The molecule has 0 spiro atoms. The zero-order valence-electron chi connectivity index (χ0n) is 13.4. The van der Waals surface area contributed by atoms with E-state index < -0.39 is 11.7 Å². The van der Waals surface area contributed by atoms with E-state index in [4.69, 9.17) is 4.74 Å². The van der Waals surface area contributed by atoms with Gasteiger partial charge < -0.3 is 9.64 Å². The molecule has 8 heteroatoms. The second-order valence-electron chi connectivity index (χ2n) is 5.63. The van der Waals surface area contributed by atoms with Crippen LogP contribution < -0.4 is 9.64 Å². The molecule has 0 saturated carbocycles. The van der Waals surface area contributed by atoms with Crippen LogP contribution in [0.15, 0.2) is 30.5 Å². The smallest absolute Gasteiger partial charge is 0.421 e. The van der Waals surface area contributed by atoms with Gasteiger partial charge in [0, 0.05) is 22.5 Å². The van der Waals surface area contributed by atoms with Gasteiger partial charge in [0.2, 0.25) is 0 Å². The fourth-order valence-corrected chi connectivity index (χ4v) is 2.27. The summed E-state index contributed by atoms with van der Waals surface area (Å²) in [5, 5.41) is 0. The fourth-order valence-electron chi connectivity index (χ4n) is 1.91. The van der Waals surface area contributed by atoms with Crippen LogP contribution in [0.2, 0.25) is 0 Å². The molecule has 0 N–H and O–H groups in total. The van der Waals surface area contributed by atoms with Crippen molar-refractivity contribution in [2.75, 3.05) is 18.6 Å². The van der Waals surface area contributed by atoms with Crippen LogP contribution >= 0.6 is 22.6 Å². The predicted octanol–water partition coefficient (Wildman–Crippen LogP) is 4.90. The van der Waals surface area contributed by atoms with Gasteiger partial charge in [0.25, 0.3) is 0 Å². The van der Waals surface area contributed by atoms with E-state index in [1.54, 1.807) is 12.1 Å². The normalized spacial score (nSPS) is 11.7. The first kappa shape index (κ1) is 18.8. The second-order valence-corrected chi connectivity index (χ2v) is 6.87. The minimum atomic E-state index is -4.55. The highest BCUT2D eigenvalue weighted by Crippen LogP contribution is 2.37. The molecule has 0 bridgehead atoms. The summed E-state index contributed by atoms with van der Waals surface area (Å²) in [5.74, 6) is -0.0225. The molecular formula is C16H17F3IN3O. The van der Waals surface area contributed by atoms with Gasteiger partial charge in [0.15, 0.2) is 5.82 Å². The largest absolute Gasteiger partial charge is 0.463 e. The van der Waals surface area contributed by atoms with E-state index in [1.807, 2.05) is 26.0 Å². The second kappa shape index (κ2) is 7.54. The van der Waals surface area contributed by atoms with Crippen LogP contribution in [0.4, 0.5) is 24.7 Å². The van der Waals surface area contributed by atoms with Crippen LogP contribution in [0, 0.1) is 9.49 Å². The first-order valence-corrected chi connectivity index (χ1v) is 8.32. The molecule has 130 valence electrons. The quantitative estimate of drug-likeness (QED) is 0.607. The molecule has 24 heavy (non-hydrogen) atoms. The minimum absolute atomic E-state index is 0.0657. The fraction of sp³-hybridized carbons (Fsp3) is 0.375. The zero-order chi connectivity index (χ0) is 17.9. The molecule has 2 rings (SSSR count). The third-order valence-corrected chi connectivity index (χ3v) is 3.85. The number of benzene rings is 1. The van der Waals surface area contributed by atoms with Gasteiger partial charge in [-0.2, -0.15) is 18.2 Å². The Morgan fingerprint density at radius 2 is 1.83 bits per heavy atom. The molecule has 0 unspecified atom stereocenters. The number of halogens is 4. The van der Waals surface area contributed by atoms with Gasteiger partial charge in [-0.25, -0.2) is 4.98 Å². The Morgan fingerprint density at radius 3 is 2.38 bits per heavy atom. The average Bonchev–Trinajstić information content (AvgIpc) is 2.51. The van der Waals surface area contributed by atoms with Gasteiger partial charge in [0.05, 0.1) is 6.61 Å². The maximum absolute atomic E-state index is 13.3. The van der Waals surface area contributed by atoms with E-state index in [9.17, 15) is 13.2 Å². The number of ether oxygens (including phenoxy) is 1. The van der Waals surface area contributed by atoms with Crippen molar-refractivity contribution in [2.45, 2.75) is 20.0 Å². The maximum atomic E-state index is 13.3. The summed E-state index contributed by atoms with van der Waals surface area (Å²) >= 11 is 2.13. The summed E-state index contributed by atoms with van der Waals surface area (Å²) in [4.78, 5) is 9.05. The molecule has 1 heterocycles. The molecular weight excluding hydrogens is 434 g/mol. The van der Waals surface area contributed by atoms with Crippen LogP contribution in [-0.2, 0) is 6.18 Å². The monoisotopic (exact) mass is 451 g/mol. The summed E-state index contributed by atoms with van der Waals surface area (Å²) in [6.07, 6.45) is -3.79. The van der Waals surface area contributed by atoms with Gasteiger partial charge in [-0.3, -0.25) is 0 Å². The number of nitrogens with zero attached hydrogens (tertiary/aromatic N) is 3. The number of hydrogen-bond acceptors (Lipinski definition) is 4. The summed E-state index contributed by atoms with van der Waals surface area (Å²) in [6, 6.07) is 7.04. The highest BCUT2D eigenvalue weighted by molar-refractivity contribution is 14.1. The van der Waals surface area contributed by atoms with Gasteiger partial charge in [-0.1, -0.05) is 13.8 Å². The highest BCUT2D eigenvalue weighted by atomic mass is 127. The highest BCUT2D eigenvalue weighted by Gasteiger charge is 2.36. The predicted molar refractivity (Wildman–Crippen MR) is 94.6 cm³/mol. The molecule has 0 fully saturated rings. The number of hydrogen-bond donors (Lipinski definition) is 0. The lowest BCUT2D eigenvalue weighted by atomic mass is 10.2. The molecule has 0 saturated heterocycles. The zero-order valence-corrected chi connectivity index (χ0v) is 15.6. The Morgan fingerprint density at radius 1 is 1.21 bits per heavy atom. The lowest BCUT2D eigenvalue weighted by molar-refractivity contribution is -0.137. The number of aromatic nitrogens is 2.